The number of aromatic nitrogens is 4. The van der Waals surface area contributed by atoms with Crippen LogP contribution < -0.4 is 11.1 Å². The molecule has 2 heterocycles. The smallest absolute Gasteiger partial charge is 0.368 e. The van der Waals surface area contributed by atoms with Gasteiger partial charge in [0.1, 0.15) is 16.9 Å². The van der Waals surface area contributed by atoms with Crippen LogP contribution in [-0.2, 0) is 0 Å². The molecule has 1 atom stereocenters. The van der Waals surface area contributed by atoms with Crippen molar-refractivity contribution < 1.29 is 13.2 Å². The van der Waals surface area contributed by atoms with Gasteiger partial charge in [-0.1, -0.05) is 17.7 Å². The molecular weight excluding hydrogens is 309 g/mol. The number of pyridine rings is 1. The maximum Gasteiger partial charge on any atom is 0.408 e. The SMILES string of the molecule is C[C@@H](Nc1nc(N)nc(-c2cccc(Cl)n2)n1)C(F)(F)F. The molecular formula is C11H10ClF3N6. The molecule has 2 rings (SSSR count). The minimum atomic E-state index is -4.43. The highest BCUT2D eigenvalue weighted by Crippen LogP contribution is 2.23. The lowest BCUT2D eigenvalue weighted by atomic mass is 10.3. The minimum absolute atomic E-state index is 0.0295. The van der Waals surface area contributed by atoms with Crippen LogP contribution in [0.1, 0.15) is 6.92 Å². The first-order chi connectivity index (χ1) is 9.75. The van der Waals surface area contributed by atoms with Gasteiger partial charge in [-0.25, -0.2) is 4.98 Å². The van der Waals surface area contributed by atoms with Crippen LogP contribution in [0, 0.1) is 0 Å². The molecule has 0 bridgehead atoms. The normalized spacial score (nSPS) is 13.0. The second-order valence-corrected chi connectivity index (χ2v) is 4.48. The summed E-state index contributed by atoms with van der Waals surface area (Å²) < 4.78 is 37.6. The molecule has 0 saturated carbocycles. The zero-order chi connectivity index (χ0) is 15.6. The highest BCUT2D eigenvalue weighted by atomic mass is 35.5. The van der Waals surface area contributed by atoms with Gasteiger partial charge in [0.25, 0.3) is 0 Å². The standard InChI is InChI=1S/C11H10ClF3N6/c1-5(11(13,14)15)17-10-20-8(19-9(16)21-10)6-3-2-4-7(12)18-6/h2-5H,1H3,(H3,16,17,19,20,21)/t5-/m1/s1. The molecule has 2 aromatic rings. The number of alkyl halides is 3. The highest BCUT2D eigenvalue weighted by Gasteiger charge is 2.36. The van der Waals surface area contributed by atoms with Crippen molar-refractivity contribution >= 4 is 23.5 Å². The fraction of sp³-hybridized carbons (Fsp3) is 0.273. The van der Waals surface area contributed by atoms with Gasteiger partial charge in [0.05, 0.1) is 0 Å². The van der Waals surface area contributed by atoms with E-state index < -0.39 is 12.2 Å². The molecule has 0 aliphatic heterocycles. The average Bonchev–Trinajstić information content (AvgIpc) is 2.37. The van der Waals surface area contributed by atoms with Crippen molar-refractivity contribution in [3.63, 3.8) is 0 Å². The molecule has 0 saturated heterocycles. The van der Waals surface area contributed by atoms with Crippen LogP contribution in [0.5, 0.6) is 0 Å². The molecule has 6 nitrogen and oxygen atoms in total. The van der Waals surface area contributed by atoms with E-state index in [9.17, 15) is 13.2 Å². The third-order valence-corrected chi connectivity index (χ3v) is 2.64. The second kappa shape index (κ2) is 5.68. The summed E-state index contributed by atoms with van der Waals surface area (Å²) in [6, 6.07) is 2.87. The van der Waals surface area contributed by atoms with Gasteiger partial charge in [0, 0.05) is 0 Å². The molecule has 0 spiro atoms. The Kier molecular flexibility index (Phi) is 4.12. The number of anilines is 2. The number of nitrogens with zero attached hydrogens (tertiary/aromatic N) is 4. The molecule has 0 aromatic carbocycles. The van der Waals surface area contributed by atoms with E-state index in [1.165, 1.54) is 0 Å². The van der Waals surface area contributed by atoms with Crippen LogP contribution in [-0.4, -0.2) is 32.2 Å². The molecule has 10 heteroatoms. The summed E-state index contributed by atoms with van der Waals surface area (Å²) in [5.41, 5.74) is 5.75. The van der Waals surface area contributed by atoms with E-state index in [0.717, 1.165) is 6.92 Å². The largest absolute Gasteiger partial charge is 0.408 e. The summed E-state index contributed by atoms with van der Waals surface area (Å²) in [6.07, 6.45) is -4.43. The number of hydrogen-bond acceptors (Lipinski definition) is 6. The third-order valence-electron chi connectivity index (χ3n) is 2.43. The Hall–Kier alpha value is -2.16. The topological polar surface area (TPSA) is 89.6 Å². The lowest BCUT2D eigenvalue weighted by Crippen LogP contribution is -2.34. The van der Waals surface area contributed by atoms with Gasteiger partial charge in [-0.2, -0.15) is 28.1 Å². The average molecular weight is 319 g/mol. The van der Waals surface area contributed by atoms with Crippen LogP contribution >= 0.6 is 11.6 Å². The fourth-order valence-electron chi connectivity index (χ4n) is 1.38. The van der Waals surface area contributed by atoms with Crippen molar-refractivity contribution in [2.75, 3.05) is 11.1 Å². The first-order valence-corrected chi connectivity index (χ1v) is 6.11. The van der Waals surface area contributed by atoms with Gasteiger partial charge in [-0.3, -0.25) is 0 Å². The second-order valence-electron chi connectivity index (χ2n) is 4.09. The maximum absolute atomic E-state index is 12.5. The van der Waals surface area contributed by atoms with Crippen LogP contribution in [0.4, 0.5) is 25.1 Å². The number of nitrogens with two attached hydrogens (primary N) is 1. The zero-order valence-corrected chi connectivity index (χ0v) is 11.4. The van der Waals surface area contributed by atoms with Crippen molar-refractivity contribution in [3.05, 3.63) is 23.4 Å². The van der Waals surface area contributed by atoms with E-state index in [1.54, 1.807) is 18.2 Å². The first kappa shape index (κ1) is 15.2. The van der Waals surface area contributed by atoms with E-state index in [1.807, 2.05) is 0 Å². The van der Waals surface area contributed by atoms with E-state index >= 15 is 0 Å². The van der Waals surface area contributed by atoms with Crippen LogP contribution in [0.3, 0.4) is 0 Å². The molecule has 0 amide bonds. The number of halogens is 4. The molecule has 21 heavy (non-hydrogen) atoms. The predicted molar refractivity (Wildman–Crippen MR) is 71.6 cm³/mol. The van der Waals surface area contributed by atoms with Crippen molar-refractivity contribution in [1.29, 1.82) is 0 Å². The van der Waals surface area contributed by atoms with Crippen molar-refractivity contribution in [1.82, 2.24) is 19.9 Å². The quantitative estimate of drug-likeness (QED) is 0.845. The molecule has 0 aliphatic rings. The van der Waals surface area contributed by atoms with Gasteiger partial charge in [0.2, 0.25) is 11.9 Å². The molecule has 2 aromatic heterocycles. The summed E-state index contributed by atoms with van der Waals surface area (Å²) in [5.74, 6) is -0.482. The van der Waals surface area contributed by atoms with Gasteiger partial charge in [-0.15, -0.1) is 0 Å². The molecule has 0 radical (unpaired) electrons. The Bertz CT molecular complexity index is 648. The highest BCUT2D eigenvalue weighted by molar-refractivity contribution is 6.29. The molecule has 112 valence electrons. The van der Waals surface area contributed by atoms with Crippen molar-refractivity contribution in [3.8, 4) is 11.5 Å². The van der Waals surface area contributed by atoms with Gasteiger partial charge >= 0.3 is 6.18 Å². The first-order valence-electron chi connectivity index (χ1n) is 5.73. The Morgan fingerprint density at radius 3 is 2.52 bits per heavy atom. The van der Waals surface area contributed by atoms with E-state index in [4.69, 9.17) is 17.3 Å². The van der Waals surface area contributed by atoms with Gasteiger partial charge in [-0.05, 0) is 19.1 Å². The zero-order valence-electron chi connectivity index (χ0n) is 10.7. The molecule has 0 fully saturated rings. The Morgan fingerprint density at radius 1 is 1.19 bits per heavy atom. The number of rotatable bonds is 3. The Labute approximate surface area is 122 Å². The van der Waals surface area contributed by atoms with E-state index in [2.05, 4.69) is 25.3 Å². The van der Waals surface area contributed by atoms with Crippen molar-refractivity contribution in [2.45, 2.75) is 19.1 Å². The van der Waals surface area contributed by atoms with Gasteiger partial charge < -0.3 is 11.1 Å². The lowest BCUT2D eigenvalue weighted by molar-refractivity contribution is -0.138. The van der Waals surface area contributed by atoms with Crippen molar-refractivity contribution in [2.24, 2.45) is 0 Å². The summed E-state index contributed by atoms with van der Waals surface area (Å²) in [5, 5.41) is 2.32. The maximum atomic E-state index is 12.5. The lowest BCUT2D eigenvalue weighted by Gasteiger charge is -2.17. The number of nitrogens with one attached hydrogen (secondary N) is 1. The molecule has 0 aliphatic carbocycles. The monoisotopic (exact) mass is 318 g/mol. The number of hydrogen-bond donors (Lipinski definition) is 2. The van der Waals surface area contributed by atoms with Crippen LogP contribution in [0.2, 0.25) is 5.15 Å². The summed E-state index contributed by atoms with van der Waals surface area (Å²) in [7, 11) is 0. The Balaban J connectivity index is 2.34. The Morgan fingerprint density at radius 2 is 1.90 bits per heavy atom. The van der Waals surface area contributed by atoms with E-state index in [0.29, 0.717) is 0 Å². The van der Waals surface area contributed by atoms with Crippen LogP contribution in [0.15, 0.2) is 18.2 Å². The summed E-state index contributed by atoms with van der Waals surface area (Å²) in [6.45, 7) is 0.942. The summed E-state index contributed by atoms with van der Waals surface area (Å²) >= 11 is 5.74. The molecule has 3 N–H and O–H groups in total. The van der Waals surface area contributed by atoms with E-state index in [-0.39, 0.29) is 28.6 Å². The predicted octanol–water partition coefficient (Wildman–Crippen LogP) is 2.53. The van der Waals surface area contributed by atoms with Crippen LogP contribution in [0.25, 0.3) is 11.5 Å². The fourth-order valence-corrected chi connectivity index (χ4v) is 1.54. The van der Waals surface area contributed by atoms with Gasteiger partial charge in [0.15, 0.2) is 5.82 Å². The number of nitrogen functional groups attached to an aromatic ring is 1. The summed E-state index contributed by atoms with van der Waals surface area (Å²) in [4.78, 5) is 15.3. The molecule has 0 unspecified atom stereocenters. The third kappa shape index (κ3) is 3.91. The minimum Gasteiger partial charge on any atom is -0.368 e.